The molecule has 4 rings (SSSR count). The third-order valence-corrected chi connectivity index (χ3v) is 5.17. The van der Waals surface area contributed by atoms with Crippen LogP contribution in [0.4, 0.5) is 0 Å². The number of rotatable bonds is 6. The maximum Gasteiger partial charge on any atom is 0.252 e. The summed E-state index contributed by atoms with van der Waals surface area (Å²) in [5, 5.41) is 3.12. The van der Waals surface area contributed by atoms with E-state index in [1.165, 1.54) is 0 Å². The fraction of sp³-hybridized carbons (Fsp3) is 0.192. The van der Waals surface area contributed by atoms with Gasteiger partial charge in [-0.1, -0.05) is 48.5 Å². The molecule has 0 unspecified atom stereocenters. The van der Waals surface area contributed by atoms with Crippen LogP contribution in [0.15, 0.2) is 72.8 Å². The molecule has 0 spiro atoms. The SMILES string of the molecule is COc1ccc(/C=C(/C(=O)N[C@@H](C)c2ccc3c(c2)OCCO3)c2ccccc2)cc1. The molecule has 158 valence electrons. The van der Waals surface area contributed by atoms with Crippen molar-refractivity contribution in [3.05, 3.63) is 89.5 Å². The van der Waals surface area contributed by atoms with Gasteiger partial charge in [0.05, 0.1) is 13.2 Å². The number of nitrogens with one attached hydrogen (secondary N) is 1. The second-order valence-corrected chi connectivity index (χ2v) is 7.30. The number of carbonyl (C=O) groups is 1. The molecule has 0 saturated heterocycles. The Labute approximate surface area is 182 Å². The molecule has 0 fully saturated rings. The van der Waals surface area contributed by atoms with Crippen molar-refractivity contribution < 1.29 is 19.0 Å². The van der Waals surface area contributed by atoms with Gasteiger partial charge in [0, 0.05) is 5.57 Å². The number of benzene rings is 3. The summed E-state index contributed by atoms with van der Waals surface area (Å²) < 4.78 is 16.5. The Kier molecular flexibility index (Phi) is 6.22. The van der Waals surface area contributed by atoms with Crippen LogP contribution in [0.5, 0.6) is 17.2 Å². The van der Waals surface area contributed by atoms with Crippen molar-refractivity contribution in [3.8, 4) is 17.2 Å². The number of methoxy groups -OCH3 is 1. The first kappa shape index (κ1) is 20.5. The Morgan fingerprint density at radius 3 is 2.39 bits per heavy atom. The van der Waals surface area contributed by atoms with Gasteiger partial charge < -0.3 is 19.5 Å². The maximum absolute atomic E-state index is 13.3. The Morgan fingerprint density at radius 2 is 1.68 bits per heavy atom. The smallest absolute Gasteiger partial charge is 0.252 e. The summed E-state index contributed by atoms with van der Waals surface area (Å²) in [4.78, 5) is 13.3. The third-order valence-electron chi connectivity index (χ3n) is 5.17. The van der Waals surface area contributed by atoms with Crippen LogP contribution >= 0.6 is 0 Å². The van der Waals surface area contributed by atoms with E-state index in [-0.39, 0.29) is 11.9 Å². The van der Waals surface area contributed by atoms with E-state index in [0.717, 1.165) is 28.2 Å². The van der Waals surface area contributed by atoms with Gasteiger partial charge in [-0.3, -0.25) is 4.79 Å². The van der Waals surface area contributed by atoms with Gasteiger partial charge in [-0.05, 0) is 54.0 Å². The first-order chi connectivity index (χ1) is 15.1. The second-order valence-electron chi connectivity index (χ2n) is 7.30. The summed E-state index contributed by atoms with van der Waals surface area (Å²) in [6, 6.07) is 22.8. The first-order valence-corrected chi connectivity index (χ1v) is 10.3. The molecule has 1 heterocycles. The summed E-state index contributed by atoms with van der Waals surface area (Å²) >= 11 is 0. The summed E-state index contributed by atoms with van der Waals surface area (Å²) in [6.07, 6.45) is 1.89. The molecule has 1 aliphatic rings. The number of amides is 1. The van der Waals surface area contributed by atoms with E-state index in [1.807, 2.05) is 85.8 Å². The molecule has 0 aliphatic carbocycles. The van der Waals surface area contributed by atoms with Crippen molar-refractivity contribution in [2.24, 2.45) is 0 Å². The van der Waals surface area contributed by atoms with E-state index in [4.69, 9.17) is 14.2 Å². The molecule has 3 aromatic rings. The number of hydrogen-bond acceptors (Lipinski definition) is 4. The van der Waals surface area contributed by atoms with E-state index < -0.39 is 0 Å². The predicted octanol–water partition coefficient (Wildman–Crippen LogP) is 4.88. The van der Waals surface area contributed by atoms with Gasteiger partial charge in [0.2, 0.25) is 0 Å². The fourth-order valence-corrected chi connectivity index (χ4v) is 3.45. The van der Waals surface area contributed by atoms with Gasteiger partial charge in [-0.25, -0.2) is 0 Å². The summed E-state index contributed by atoms with van der Waals surface area (Å²) in [5.41, 5.74) is 3.32. The minimum absolute atomic E-state index is 0.149. The fourth-order valence-electron chi connectivity index (χ4n) is 3.45. The maximum atomic E-state index is 13.3. The molecule has 5 nitrogen and oxygen atoms in total. The molecule has 0 bridgehead atoms. The molecule has 5 heteroatoms. The number of ether oxygens (including phenoxy) is 3. The van der Waals surface area contributed by atoms with Gasteiger partial charge in [0.1, 0.15) is 19.0 Å². The largest absolute Gasteiger partial charge is 0.497 e. The van der Waals surface area contributed by atoms with Gasteiger partial charge >= 0.3 is 0 Å². The van der Waals surface area contributed by atoms with E-state index in [2.05, 4.69) is 5.32 Å². The molecule has 31 heavy (non-hydrogen) atoms. The molecule has 1 amide bonds. The average molecular weight is 415 g/mol. The number of hydrogen-bond donors (Lipinski definition) is 1. The zero-order valence-electron chi connectivity index (χ0n) is 17.6. The van der Waals surface area contributed by atoms with Crippen molar-refractivity contribution in [3.63, 3.8) is 0 Å². The molecule has 0 saturated carbocycles. The van der Waals surface area contributed by atoms with Crippen LogP contribution in [0, 0.1) is 0 Å². The molecular weight excluding hydrogens is 390 g/mol. The first-order valence-electron chi connectivity index (χ1n) is 10.3. The standard InChI is InChI=1S/C26H25NO4/c1-18(21-10-13-24-25(17-21)31-15-14-30-24)27-26(28)23(20-6-4-3-5-7-20)16-19-8-11-22(29-2)12-9-19/h3-13,16-18H,14-15H2,1-2H3,(H,27,28)/b23-16+/t18-/m0/s1. The van der Waals surface area contributed by atoms with Crippen LogP contribution in [0.3, 0.4) is 0 Å². The second kappa shape index (κ2) is 9.39. The highest BCUT2D eigenvalue weighted by molar-refractivity contribution is 6.24. The van der Waals surface area contributed by atoms with Crippen LogP contribution in [-0.4, -0.2) is 26.2 Å². The molecule has 1 aliphatic heterocycles. The van der Waals surface area contributed by atoms with Crippen LogP contribution in [0.2, 0.25) is 0 Å². The zero-order valence-corrected chi connectivity index (χ0v) is 17.6. The minimum atomic E-state index is -0.202. The van der Waals surface area contributed by atoms with Gasteiger partial charge in [0.25, 0.3) is 5.91 Å². The van der Waals surface area contributed by atoms with Crippen LogP contribution in [0.25, 0.3) is 11.6 Å². The highest BCUT2D eigenvalue weighted by Gasteiger charge is 2.18. The Bertz CT molecular complexity index is 1070. The van der Waals surface area contributed by atoms with Crippen molar-refractivity contribution in [2.45, 2.75) is 13.0 Å². The number of carbonyl (C=O) groups excluding carboxylic acids is 1. The Hall–Kier alpha value is -3.73. The summed E-state index contributed by atoms with van der Waals surface area (Å²) in [7, 11) is 1.63. The van der Waals surface area contributed by atoms with Crippen molar-refractivity contribution in [1.29, 1.82) is 0 Å². The van der Waals surface area contributed by atoms with Crippen LogP contribution < -0.4 is 19.5 Å². The quantitative estimate of drug-likeness (QED) is 0.460. The topological polar surface area (TPSA) is 56.8 Å². The molecular formula is C26H25NO4. The van der Waals surface area contributed by atoms with Gasteiger partial charge in [0.15, 0.2) is 11.5 Å². The van der Waals surface area contributed by atoms with Crippen molar-refractivity contribution in [1.82, 2.24) is 5.32 Å². The lowest BCUT2D eigenvalue weighted by Crippen LogP contribution is -2.27. The zero-order chi connectivity index (χ0) is 21.6. The average Bonchev–Trinajstić information content (AvgIpc) is 2.83. The molecule has 1 N–H and O–H groups in total. The highest BCUT2D eigenvalue weighted by Crippen LogP contribution is 2.33. The highest BCUT2D eigenvalue weighted by atomic mass is 16.6. The van der Waals surface area contributed by atoms with E-state index in [1.54, 1.807) is 7.11 Å². The monoisotopic (exact) mass is 415 g/mol. The molecule has 0 radical (unpaired) electrons. The van der Waals surface area contributed by atoms with Gasteiger partial charge in [-0.2, -0.15) is 0 Å². The molecule has 1 atom stereocenters. The van der Waals surface area contributed by atoms with Crippen molar-refractivity contribution >= 4 is 17.6 Å². The molecule has 0 aromatic heterocycles. The molecule has 3 aromatic carbocycles. The lowest BCUT2D eigenvalue weighted by atomic mass is 10.0. The predicted molar refractivity (Wildman–Crippen MR) is 121 cm³/mol. The van der Waals surface area contributed by atoms with E-state index >= 15 is 0 Å². The minimum Gasteiger partial charge on any atom is -0.497 e. The lowest BCUT2D eigenvalue weighted by Gasteiger charge is -2.21. The van der Waals surface area contributed by atoms with Crippen LogP contribution in [0.1, 0.15) is 29.7 Å². The number of fused-ring (bicyclic) bond motifs is 1. The third kappa shape index (κ3) is 4.89. The van der Waals surface area contributed by atoms with Gasteiger partial charge in [-0.15, -0.1) is 0 Å². The lowest BCUT2D eigenvalue weighted by molar-refractivity contribution is -0.116. The van der Waals surface area contributed by atoms with Crippen LogP contribution in [-0.2, 0) is 4.79 Å². The normalized spacial score (nSPS) is 13.9. The summed E-state index contributed by atoms with van der Waals surface area (Å²) in [6.45, 7) is 3.04. The van der Waals surface area contributed by atoms with Crippen molar-refractivity contribution in [2.75, 3.05) is 20.3 Å². The van der Waals surface area contributed by atoms with E-state index in [0.29, 0.717) is 24.5 Å². The Balaban J connectivity index is 1.59. The summed E-state index contributed by atoms with van der Waals surface area (Å²) in [5.74, 6) is 2.07. The van der Waals surface area contributed by atoms with E-state index in [9.17, 15) is 4.79 Å². The Morgan fingerprint density at radius 1 is 0.968 bits per heavy atom.